The summed E-state index contributed by atoms with van der Waals surface area (Å²) in [6.07, 6.45) is 0. The molecule has 1 radical (unpaired) electrons. The molecular formula is C8H9N2O2. The molecule has 4 heteroatoms. The Morgan fingerprint density at radius 2 is 2.00 bits per heavy atom. The zero-order valence-corrected chi connectivity index (χ0v) is 6.94. The van der Waals surface area contributed by atoms with Crippen molar-refractivity contribution >= 4 is 5.69 Å². The first kappa shape index (κ1) is 8.52. The van der Waals surface area contributed by atoms with E-state index in [-0.39, 0.29) is 0 Å². The Hall–Kier alpha value is -1.58. The van der Waals surface area contributed by atoms with Gasteiger partial charge in [-0.3, -0.25) is 0 Å². The second-order valence-electron chi connectivity index (χ2n) is 2.14. The molecular weight excluding hydrogens is 156 g/mol. The van der Waals surface area contributed by atoms with Crippen molar-refractivity contribution in [3.05, 3.63) is 18.2 Å². The van der Waals surface area contributed by atoms with Crippen LogP contribution in [-0.4, -0.2) is 14.2 Å². The fourth-order valence-electron chi connectivity index (χ4n) is 0.868. The summed E-state index contributed by atoms with van der Waals surface area (Å²) in [5.41, 5.74) is 8.90. The standard InChI is InChI=1S/C8H9N2O2/c1-11-6-3-4-7(10-9)8(5-6)12-2/h3-5H,1-2H3. The predicted molar refractivity (Wildman–Crippen MR) is 43.8 cm³/mol. The van der Waals surface area contributed by atoms with Crippen LogP contribution in [0.4, 0.5) is 5.69 Å². The highest BCUT2D eigenvalue weighted by atomic mass is 16.5. The molecule has 0 amide bonds. The molecule has 0 N–H and O–H groups in total. The van der Waals surface area contributed by atoms with E-state index < -0.39 is 0 Å². The van der Waals surface area contributed by atoms with Gasteiger partial charge >= 0.3 is 0 Å². The second-order valence-corrected chi connectivity index (χ2v) is 2.14. The van der Waals surface area contributed by atoms with Gasteiger partial charge in [-0.1, -0.05) is 0 Å². The van der Waals surface area contributed by atoms with Crippen LogP contribution in [0, 0.1) is 0 Å². The van der Waals surface area contributed by atoms with Crippen LogP contribution in [0.1, 0.15) is 0 Å². The third kappa shape index (κ3) is 1.53. The van der Waals surface area contributed by atoms with E-state index in [0.29, 0.717) is 17.2 Å². The smallest absolute Gasteiger partial charge is 0.150 e. The molecule has 0 spiro atoms. The van der Waals surface area contributed by atoms with Crippen molar-refractivity contribution in [3.63, 3.8) is 0 Å². The third-order valence-electron chi connectivity index (χ3n) is 1.49. The number of rotatable bonds is 3. The first-order valence-electron chi connectivity index (χ1n) is 3.39. The van der Waals surface area contributed by atoms with E-state index in [2.05, 4.69) is 5.11 Å². The average Bonchev–Trinajstić information content (AvgIpc) is 2.16. The average molecular weight is 165 g/mol. The van der Waals surface area contributed by atoms with Crippen LogP contribution in [0.25, 0.3) is 0 Å². The molecule has 0 heterocycles. The van der Waals surface area contributed by atoms with Crippen molar-refractivity contribution in [1.82, 2.24) is 5.53 Å². The summed E-state index contributed by atoms with van der Waals surface area (Å²) in [6, 6.07) is 4.95. The quantitative estimate of drug-likeness (QED) is 0.638. The first-order chi connectivity index (χ1) is 5.81. The van der Waals surface area contributed by atoms with Gasteiger partial charge in [0.2, 0.25) is 0 Å². The molecule has 0 saturated carbocycles. The third-order valence-corrected chi connectivity index (χ3v) is 1.49. The topological polar surface area (TPSA) is 53.1 Å². The zero-order chi connectivity index (χ0) is 8.97. The first-order valence-corrected chi connectivity index (χ1v) is 3.39. The summed E-state index contributed by atoms with van der Waals surface area (Å²) < 4.78 is 9.90. The lowest BCUT2D eigenvalue weighted by atomic mass is 10.3. The predicted octanol–water partition coefficient (Wildman–Crippen LogP) is 1.59. The summed E-state index contributed by atoms with van der Waals surface area (Å²) in [7, 11) is 3.06. The van der Waals surface area contributed by atoms with Crippen LogP contribution in [-0.2, 0) is 0 Å². The Bertz CT molecular complexity index is 286. The van der Waals surface area contributed by atoms with Gasteiger partial charge in [-0.15, -0.1) is 5.11 Å². The molecule has 1 aromatic rings. The molecule has 0 aliphatic rings. The Labute approximate surface area is 70.6 Å². The maximum atomic E-state index is 8.52. The van der Waals surface area contributed by atoms with Crippen LogP contribution in [0.5, 0.6) is 11.5 Å². The summed E-state index contributed by atoms with van der Waals surface area (Å²) in [5.74, 6) is 1.15. The zero-order valence-electron chi connectivity index (χ0n) is 6.94. The number of hydrogen-bond donors (Lipinski definition) is 0. The SMILES string of the molecule is COc1ccc(N=[N])c(OC)c1. The van der Waals surface area contributed by atoms with Gasteiger partial charge in [-0.2, -0.15) is 0 Å². The van der Waals surface area contributed by atoms with Crippen LogP contribution in [0.15, 0.2) is 23.3 Å². The highest BCUT2D eigenvalue weighted by Gasteiger charge is 2.02. The summed E-state index contributed by atoms with van der Waals surface area (Å²) in [6.45, 7) is 0. The largest absolute Gasteiger partial charge is 0.497 e. The van der Waals surface area contributed by atoms with Gasteiger partial charge in [-0.05, 0) is 17.7 Å². The minimum absolute atomic E-state index is 0.387. The molecule has 1 rings (SSSR count). The molecule has 0 aromatic heterocycles. The maximum Gasteiger partial charge on any atom is 0.150 e. The molecule has 0 fully saturated rings. The number of nitrogens with zero attached hydrogens (tertiary/aromatic N) is 2. The van der Waals surface area contributed by atoms with Gasteiger partial charge in [0.25, 0.3) is 0 Å². The van der Waals surface area contributed by atoms with Crippen molar-refractivity contribution in [1.29, 1.82) is 0 Å². The molecule has 0 aliphatic heterocycles. The van der Waals surface area contributed by atoms with E-state index in [4.69, 9.17) is 15.0 Å². The molecule has 0 saturated heterocycles. The maximum absolute atomic E-state index is 8.52. The van der Waals surface area contributed by atoms with Gasteiger partial charge < -0.3 is 9.47 Å². The number of hydrogen-bond acceptors (Lipinski definition) is 3. The van der Waals surface area contributed by atoms with E-state index in [0.717, 1.165) is 0 Å². The molecule has 63 valence electrons. The van der Waals surface area contributed by atoms with Crippen LogP contribution in [0.2, 0.25) is 0 Å². The van der Waals surface area contributed by atoms with Crippen LogP contribution in [0.3, 0.4) is 0 Å². The van der Waals surface area contributed by atoms with Crippen LogP contribution >= 0.6 is 0 Å². The molecule has 0 bridgehead atoms. The fourth-order valence-corrected chi connectivity index (χ4v) is 0.868. The number of ether oxygens (including phenoxy) is 2. The van der Waals surface area contributed by atoms with E-state index in [1.807, 2.05) is 0 Å². The number of benzene rings is 1. The van der Waals surface area contributed by atoms with Crippen molar-refractivity contribution in [2.45, 2.75) is 0 Å². The molecule has 4 nitrogen and oxygen atoms in total. The van der Waals surface area contributed by atoms with E-state index >= 15 is 0 Å². The molecule has 0 aliphatic carbocycles. The summed E-state index contributed by atoms with van der Waals surface area (Å²) in [4.78, 5) is 0. The lowest BCUT2D eigenvalue weighted by molar-refractivity contribution is 0.395. The minimum Gasteiger partial charge on any atom is -0.497 e. The van der Waals surface area contributed by atoms with Crippen LogP contribution < -0.4 is 15.0 Å². The molecule has 1 aromatic carbocycles. The second kappa shape index (κ2) is 3.71. The Kier molecular flexibility index (Phi) is 2.63. The van der Waals surface area contributed by atoms with Crippen molar-refractivity contribution in [2.75, 3.05) is 14.2 Å². The van der Waals surface area contributed by atoms with E-state index in [1.54, 1.807) is 25.3 Å². The summed E-state index contributed by atoms with van der Waals surface area (Å²) >= 11 is 0. The van der Waals surface area contributed by atoms with Gasteiger partial charge in [0, 0.05) is 6.07 Å². The lowest BCUT2D eigenvalue weighted by Crippen LogP contribution is -1.86. The summed E-state index contributed by atoms with van der Waals surface area (Å²) in [5, 5.41) is 3.04. The van der Waals surface area contributed by atoms with Gasteiger partial charge in [0.15, 0.2) is 0 Å². The highest BCUT2D eigenvalue weighted by Crippen LogP contribution is 2.30. The van der Waals surface area contributed by atoms with E-state index in [1.165, 1.54) is 7.11 Å². The molecule has 0 atom stereocenters. The Morgan fingerprint density at radius 1 is 1.25 bits per heavy atom. The lowest BCUT2D eigenvalue weighted by Gasteiger charge is -2.04. The van der Waals surface area contributed by atoms with Gasteiger partial charge in [0.05, 0.1) is 14.2 Å². The Balaban J connectivity index is 3.10. The normalized spacial score (nSPS) is 9.17. The fraction of sp³-hybridized carbons (Fsp3) is 0.250. The van der Waals surface area contributed by atoms with Crippen molar-refractivity contribution < 1.29 is 9.47 Å². The van der Waals surface area contributed by atoms with Crippen molar-refractivity contribution in [2.24, 2.45) is 5.11 Å². The highest BCUT2D eigenvalue weighted by molar-refractivity contribution is 5.54. The molecule has 0 unspecified atom stereocenters. The van der Waals surface area contributed by atoms with E-state index in [9.17, 15) is 0 Å². The molecule has 12 heavy (non-hydrogen) atoms. The van der Waals surface area contributed by atoms with Crippen molar-refractivity contribution in [3.8, 4) is 11.5 Å². The number of methoxy groups -OCH3 is 2. The van der Waals surface area contributed by atoms with Gasteiger partial charge in [-0.25, -0.2) is 0 Å². The monoisotopic (exact) mass is 165 g/mol. The minimum atomic E-state index is 0.387. The Morgan fingerprint density at radius 3 is 2.50 bits per heavy atom. The van der Waals surface area contributed by atoms with Gasteiger partial charge in [0.1, 0.15) is 17.2 Å².